The van der Waals surface area contributed by atoms with Crippen LogP contribution >= 0.6 is 11.6 Å². The molecule has 16 aromatic rings. The first-order valence-corrected chi connectivity index (χ1v) is 35.2. The number of benzene rings is 12. The van der Waals surface area contributed by atoms with Crippen LogP contribution in [-0.2, 0) is 0 Å². The predicted octanol–water partition coefficient (Wildman–Crippen LogP) is 24.3. The summed E-state index contributed by atoms with van der Waals surface area (Å²) in [7, 11) is 0. The molecule has 0 unspecified atom stereocenters. The van der Waals surface area contributed by atoms with Crippen molar-refractivity contribution in [3.63, 3.8) is 0 Å². The summed E-state index contributed by atoms with van der Waals surface area (Å²) in [4.78, 5) is 68.1. The number of carbonyl (C=O) groups is 4. The number of aryl methyl sites for hydroxylation is 5. The zero-order chi connectivity index (χ0) is 77.3. The molecule has 4 heterocycles. The molecule has 4 N–H and O–H groups in total. The number of carboxylic acids is 4. The highest BCUT2D eigenvalue weighted by Crippen LogP contribution is 2.35. The summed E-state index contributed by atoms with van der Waals surface area (Å²) in [6.07, 6.45) is 0. The Hall–Kier alpha value is -14.3. The highest BCUT2D eigenvalue weighted by molar-refractivity contribution is 6.31. The number of azide groups is 1. The second-order valence-corrected chi connectivity index (χ2v) is 26.9. The van der Waals surface area contributed by atoms with Crippen LogP contribution < -0.4 is 0 Å². The summed E-state index contributed by atoms with van der Waals surface area (Å²) < 4.78 is 13.5. The first-order valence-electron chi connectivity index (χ1n) is 34.8. The molecule has 16 rings (SSSR count). The van der Waals surface area contributed by atoms with Crippen molar-refractivity contribution < 1.29 is 44.0 Å². The predicted molar refractivity (Wildman–Crippen MR) is 436 cm³/mol. The summed E-state index contributed by atoms with van der Waals surface area (Å²) in [6.45, 7) is 10.2. The lowest BCUT2D eigenvalue weighted by atomic mass is 9.99. The number of nitrogens with zero attached hydrogens (tertiary/aromatic N) is 7. The third kappa shape index (κ3) is 17.1. The zero-order valence-electron chi connectivity index (χ0n) is 60.0. The van der Waals surface area contributed by atoms with E-state index in [0.717, 1.165) is 72.3 Å². The summed E-state index contributed by atoms with van der Waals surface area (Å²) in [6, 6.07) is 90.8. The minimum Gasteiger partial charge on any atom is -0.478 e. The Morgan fingerprint density at radius 1 is 0.300 bits per heavy atom. The van der Waals surface area contributed by atoms with Crippen LogP contribution in [0, 0.1) is 40.4 Å². The van der Waals surface area contributed by atoms with Crippen molar-refractivity contribution in [2.24, 2.45) is 5.11 Å². The van der Waals surface area contributed by atoms with E-state index in [0.29, 0.717) is 77.1 Å². The van der Waals surface area contributed by atoms with Gasteiger partial charge >= 0.3 is 23.9 Å². The van der Waals surface area contributed by atoms with Crippen molar-refractivity contribution in [1.82, 2.24) is 19.9 Å². The maximum absolute atomic E-state index is 13.5. The molecule has 12 aromatic carbocycles. The quantitative estimate of drug-likeness (QED) is 0.0478. The number of carboxylic acid groups (broad SMARTS) is 4. The van der Waals surface area contributed by atoms with E-state index < -0.39 is 29.7 Å². The monoisotopic (exact) mass is 1460 g/mol. The number of aromatic nitrogens is 4. The van der Waals surface area contributed by atoms with Crippen molar-refractivity contribution in [2.45, 2.75) is 34.6 Å². The molecule has 0 bridgehead atoms. The van der Waals surface area contributed by atoms with Gasteiger partial charge in [-0.2, -0.15) is 0 Å². The van der Waals surface area contributed by atoms with Gasteiger partial charge in [-0.25, -0.2) is 43.5 Å². The van der Waals surface area contributed by atoms with Gasteiger partial charge in [-0.3, -0.25) is 0 Å². The molecule has 0 saturated heterocycles. The number of fused-ring (bicyclic) bond motifs is 4. The molecular weight excluding hydrogens is 1400 g/mol. The van der Waals surface area contributed by atoms with Crippen LogP contribution in [0.3, 0.4) is 0 Å². The molecule has 0 aliphatic heterocycles. The third-order valence-corrected chi connectivity index (χ3v) is 18.9. The van der Waals surface area contributed by atoms with Gasteiger partial charge in [-0.05, 0) is 170 Å². The van der Waals surface area contributed by atoms with Crippen LogP contribution in [0.2, 0.25) is 5.02 Å². The first kappa shape index (κ1) is 74.0. The molecule has 0 saturated carbocycles. The van der Waals surface area contributed by atoms with Gasteiger partial charge in [-0.15, -0.1) is 0 Å². The van der Waals surface area contributed by atoms with E-state index >= 15 is 0 Å². The van der Waals surface area contributed by atoms with Crippen molar-refractivity contribution in [1.29, 1.82) is 0 Å². The molecule has 536 valence electrons. The van der Waals surface area contributed by atoms with Gasteiger partial charge in [0.1, 0.15) is 5.82 Å². The number of hydrogen-bond donors (Lipinski definition) is 4. The lowest BCUT2D eigenvalue weighted by Gasteiger charge is -2.09. The maximum atomic E-state index is 13.5. The molecule has 4 aromatic heterocycles. The van der Waals surface area contributed by atoms with Crippen molar-refractivity contribution in [3.05, 3.63) is 363 Å². The Kier molecular flexibility index (Phi) is 21.9. The SMILES string of the molecule is Cc1ccc(-c2ccc(-c3cc(C(=O)O)c4cc(C)ccc4n3)cc2)cc1.Cc1ccc(-c2ccc(-c3cc(C(=O)O)c4cc(Cl)ccc4n3)cc2)cc1.Cc1ccc(-c2ccc(-c3cc(C(=O)O)c4cc(F)ccc4n3)cc2)cc1.Cc1ccc(-c2ccc(-c3cc(C(=O)O)c4cc(N=[N+]=[N-])ccc4n3)cc2)cc1. The molecule has 0 amide bonds. The van der Waals surface area contributed by atoms with Gasteiger partial charge in [0.15, 0.2) is 0 Å². The van der Waals surface area contributed by atoms with E-state index in [1.54, 1.807) is 48.5 Å². The van der Waals surface area contributed by atoms with E-state index in [4.69, 9.17) is 17.1 Å². The summed E-state index contributed by atoms with van der Waals surface area (Å²) in [5.41, 5.74) is 32.4. The maximum Gasteiger partial charge on any atom is 0.336 e. The van der Waals surface area contributed by atoms with Crippen molar-refractivity contribution in [3.8, 4) is 89.5 Å². The lowest BCUT2D eigenvalue weighted by molar-refractivity contribution is 0.0688. The molecule has 0 aliphatic carbocycles. The van der Waals surface area contributed by atoms with Gasteiger partial charge in [0.2, 0.25) is 0 Å². The fourth-order valence-electron chi connectivity index (χ4n) is 12.7. The topological polar surface area (TPSA) is 250 Å². The number of aromatic carboxylic acids is 4. The van der Waals surface area contributed by atoms with Gasteiger partial charge < -0.3 is 20.4 Å². The second kappa shape index (κ2) is 32.6. The average Bonchev–Trinajstić information content (AvgIpc) is 0.799. The van der Waals surface area contributed by atoms with Crippen LogP contribution in [0.5, 0.6) is 0 Å². The average molecular weight is 1470 g/mol. The van der Waals surface area contributed by atoms with Crippen LogP contribution in [0.4, 0.5) is 10.1 Å². The van der Waals surface area contributed by atoms with Crippen molar-refractivity contribution >= 4 is 84.8 Å². The Morgan fingerprint density at radius 2 is 0.536 bits per heavy atom. The Morgan fingerprint density at radius 3 is 0.836 bits per heavy atom. The fraction of sp³-hybridized carbons (Fsp3) is 0.0538. The fourth-order valence-corrected chi connectivity index (χ4v) is 12.9. The minimum atomic E-state index is -1.11. The van der Waals surface area contributed by atoms with Gasteiger partial charge in [-0.1, -0.05) is 251 Å². The van der Waals surface area contributed by atoms with Crippen LogP contribution in [-0.4, -0.2) is 64.2 Å². The number of pyridine rings is 4. The van der Waals surface area contributed by atoms with Gasteiger partial charge in [0, 0.05) is 59.4 Å². The number of rotatable bonds is 13. The number of hydrogen-bond acceptors (Lipinski definition) is 9. The first-order chi connectivity index (χ1) is 53.1. The Labute approximate surface area is 636 Å². The smallest absolute Gasteiger partial charge is 0.336 e. The third-order valence-electron chi connectivity index (χ3n) is 18.6. The zero-order valence-corrected chi connectivity index (χ0v) is 60.8. The molecule has 0 aliphatic rings. The molecule has 110 heavy (non-hydrogen) atoms. The standard InChI is InChI=1S/C24H19NO2.C23H16ClNO2.C23H16FNO2.C23H16N4O2/c1-15-3-6-17(7-4-15)18-8-10-19(11-9-18)23-14-21(24(26)27)20-13-16(2)5-12-22(20)25-23;2*1-14-2-4-15(5-3-14)16-6-8-17(9-7-16)22-13-20(23(26)27)19-12-18(24)10-11-21(19)25-22;1-14-2-4-15(5-3-14)16-6-8-17(9-7-16)22-13-20(23(28)29)19-12-18(26-27-24)10-11-21(19)25-22/h3-14H,1-2H3,(H,26,27);2*2-13H,1H3,(H,26,27);2-13H,1H3,(H,28,29). The molecular formula is C93H67ClFN7O8. The number of halogens is 2. The van der Waals surface area contributed by atoms with E-state index in [9.17, 15) is 44.0 Å². The van der Waals surface area contributed by atoms with E-state index in [1.165, 1.54) is 52.6 Å². The summed E-state index contributed by atoms with van der Waals surface area (Å²) >= 11 is 6.02. The largest absolute Gasteiger partial charge is 0.478 e. The van der Waals surface area contributed by atoms with E-state index in [1.807, 2.05) is 136 Å². The molecule has 0 radical (unpaired) electrons. The summed E-state index contributed by atoms with van der Waals surface area (Å²) in [5, 5.41) is 44.4. The molecule has 0 atom stereocenters. The minimum absolute atomic E-state index is 0.0390. The normalized spacial score (nSPS) is 10.8. The molecule has 0 spiro atoms. The van der Waals surface area contributed by atoms with E-state index in [-0.39, 0.29) is 22.3 Å². The van der Waals surface area contributed by atoms with Crippen LogP contribution in [0.15, 0.2) is 296 Å². The van der Waals surface area contributed by atoms with Crippen molar-refractivity contribution in [2.75, 3.05) is 0 Å². The summed E-state index contributed by atoms with van der Waals surface area (Å²) in [5.74, 6) is -4.59. The lowest BCUT2D eigenvalue weighted by Crippen LogP contribution is -2.00. The molecule has 0 fully saturated rings. The van der Waals surface area contributed by atoms with Crippen LogP contribution in [0.25, 0.3) is 144 Å². The Bertz CT molecular complexity index is 5810. The molecule has 17 heteroatoms. The van der Waals surface area contributed by atoms with Crippen LogP contribution in [0.1, 0.15) is 69.2 Å². The molecule has 15 nitrogen and oxygen atoms in total. The second-order valence-electron chi connectivity index (χ2n) is 26.4. The van der Waals surface area contributed by atoms with Gasteiger partial charge in [0.05, 0.1) is 67.1 Å². The highest BCUT2D eigenvalue weighted by Gasteiger charge is 2.19. The Balaban J connectivity index is 0.000000129. The van der Waals surface area contributed by atoms with E-state index in [2.05, 4.69) is 141 Å². The highest BCUT2D eigenvalue weighted by atomic mass is 35.5. The van der Waals surface area contributed by atoms with Gasteiger partial charge in [0.25, 0.3) is 0 Å².